The summed E-state index contributed by atoms with van der Waals surface area (Å²) in [6.07, 6.45) is 5.11. The molecular formula is C13H22N2O3S. The molecule has 2 rings (SSSR count). The van der Waals surface area contributed by atoms with E-state index in [2.05, 4.69) is 16.7 Å². The van der Waals surface area contributed by atoms with E-state index in [1.807, 2.05) is 0 Å². The maximum absolute atomic E-state index is 11.7. The highest BCUT2D eigenvalue weighted by Gasteiger charge is 2.29. The average molecular weight is 286 g/mol. The second-order valence-electron chi connectivity index (χ2n) is 5.39. The van der Waals surface area contributed by atoms with Gasteiger partial charge in [0.2, 0.25) is 5.91 Å². The first kappa shape index (κ1) is 14.5. The Labute approximate surface area is 114 Å². The standard InChI is InChI=1S/C13H22N2O3S/c16-13(9-12-4-8-19(17,18)10-12)15-7-3-11-1-5-14-6-2-11/h1,12,14H,2-10H2,(H,15,16). The highest BCUT2D eigenvalue weighted by molar-refractivity contribution is 7.91. The van der Waals surface area contributed by atoms with Crippen LogP contribution in [0.2, 0.25) is 0 Å². The van der Waals surface area contributed by atoms with Gasteiger partial charge in [0, 0.05) is 19.5 Å². The Bertz CT molecular complexity index is 457. The van der Waals surface area contributed by atoms with Gasteiger partial charge in [0.05, 0.1) is 11.5 Å². The highest BCUT2D eigenvalue weighted by Crippen LogP contribution is 2.21. The lowest BCUT2D eigenvalue weighted by Crippen LogP contribution is -2.28. The zero-order chi connectivity index (χ0) is 13.7. The van der Waals surface area contributed by atoms with Gasteiger partial charge < -0.3 is 10.6 Å². The van der Waals surface area contributed by atoms with Crippen LogP contribution in [0, 0.1) is 5.92 Å². The lowest BCUT2D eigenvalue weighted by Gasteiger charge is -2.14. The van der Waals surface area contributed by atoms with Crippen molar-refractivity contribution in [2.75, 3.05) is 31.1 Å². The Morgan fingerprint density at radius 2 is 2.32 bits per heavy atom. The van der Waals surface area contributed by atoms with Gasteiger partial charge in [0.1, 0.15) is 0 Å². The second kappa shape index (κ2) is 6.52. The summed E-state index contributed by atoms with van der Waals surface area (Å²) < 4.78 is 22.6. The molecule has 19 heavy (non-hydrogen) atoms. The molecule has 1 fully saturated rings. The van der Waals surface area contributed by atoms with Crippen molar-refractivity contribution >= 4 is 15.7 Å². The summed E-state index contributed by atoms with van der Waals surface area (Å²) in [5.74, 6) is 0.418. The highest BCUT2D eigenvalue weighted by atomic mass is 32.2. The molecule has 108 valence electrons. The number of amides is 1. The largest absolute Gasteiger partial charge is 0.356 e. The fraction of sp³-hybridized carbons (Fsp3) is 0.769. The lowest BCUT2D eigenvalue weighted by molar-refractivity contribution is -0.121. The Kier molecular flexibility index (Phi) is 4.99. The molecule has 2 aliphatic rings. The van der Waals surface area contributed by atoms with Crippen LogP contribution in [0.3, 0.4) is 0 Å². The van der Waals surface area contributed by atoms with Crippen LogP contribution < -0.4 is 10.6 Å². The smallest absolute Gasteiger partial charge is 0.220 e. The quantitative estimate of drug-likeness (QED) is 0.710. The number of hydrogen-bond acceptors (Lipinski definition) is 4. The summed E-state index contributed by atoms with van der Waals surface area (Å²) in [7, 11) is -2.87. The van der Waals surface area contributed by atoms with E-state index in [4.69, 9.17) is 0 Å². The predicted molar refractivity (Wildman–Crippen MR) is 74.6 cm³/mol. The van der Waals surface area contributed by atoms with Gasteiger partial charge in [0.15, 0.2) is 9.84 Å². The van der Waals surface area contributed by atoms with Crippen LogP contribution in [-0.2, 0) is 14.6 Å². The van der Waals surface area contributed by atoms with Gasteiger partial charge in [-0.15, -0.1) is 0 Å². The molecule has 1 amide bonds. The Hall–Kier alpha value is -0.880. The van der Waals surface area contributed by atoms with Crippen molar-refractivity contribution < 1.29 is 13.2 Å². The summed E-state index contributed by atoms with van der Waals surface area (Å²) in [6.45, 7) is 2.59. The van der Waals surface area contributed by atoms with Gasteiger partial charge >= 0.3 is 0 Å². The fourth-order valence-electron chi connectivity index (χ4n) is 2.63. The van der Waals surface area contributed by atoms with Crippen LogP contribution in [0.5, 0.6) is 0 Å². The number of rotatable bonds is 5. The van der Waals surface area contributed by atoms with Crippen LogP contribution in [-0.4, -0.2) is 45.5 Å². The van der Waals surface area contributed by atoms with Crippen molar-refractivity contribution in [3.63, 3.8) is 0 Å². The minimum atomic E-state index is -2.87. The molecule has 1 atom stereocenters. The summed E-state index contributed by atoms with van der Waals surface area (Å²) in [5.41, 5.74) is 1.39. The van der Waals surface area contributed by atoms with Crippen molar-refractivity contribution in [2.45, 2.75) is 25.7 Å². The first-order valence-electron chi connectivity index (χ1n) is 6.91. The van der Waals surface area contributed by atoms with Gasteiger partial charge in [-0.25, -0.2) is 8.42 Å². The molecule has 6 heteroatoms. The molecule has 0 aliphatic carbocycles. The van der Waals surface area contributed by atoms with Crippen molar-refractivity contribution in [1.29, 1.82) is 0 Å². The molecule has 2 N–H and O–H groups in total. The average Bonchev–Trinajstić information content (AvgIpc) is 2.70. The van der Waals surface area contributed by atoms with Crippen LogP contribution in [0.1, 0.15) is 25.7 Å². The van der Waals surface area contributed by atoms with Gasteiger partial charge in [-0.05, 0) is 31.7 Å². The van der Waals surface area contributed by atoms with Gasteiger partial charge in [-0.3, -0.25) is 4.79 Å². The van der Waals surface area contributed by atoms with Gasteiger partial charge in [-0.1, -0.05) is 11.6 Å². The van der Waals surface area contributed by atoms with Crippen LogP contribution in [0.25, 0.3) is 0 Å². The molecule has 2 aliphatic heterocycles. The first-order valence-corrected chi connectivity index (χ1v) is 8.73. The van der Waals surface area contributed by atoms with E-state index < -0.39 is 9.84 Å². The molecule has 2 heterocycles. The van der Waals surface area contributed by atoms with Crippen molar-refractivity contribution in [2.24, 2.45) is 5.92 Å². The summed E-state index contributed by atoms with van der Waals surface area (Å²) >= 11 is 0. The molecule has 0 saturated carbocycles. The molecule has 0 bridgehead atoms. The minimum Gasteiger partial charge on any atom is -0.356 e. The zero-order valence-electron chi connectivity index (χ0n) is 11.2. The summed E-state index contributed by atoms with van der Waals surface area (Å²) in [5, 5.41) is 6.14. The third-order valence-corrected chi connectivity index (χ3v) is 5.56. The van der Waals surface area contributed by atoms with E-state index in [1.165, 1.54) is 5.57 Å². The molecule has 5 nitrogen and oxygen atoms in total. The number of sulfone groups is 1. The molecule has 0 aromatic rings. The molecule has 1 saturated heterocycles. The normalized spacial score (nSPS) is 25.9. The van der Waals surface area contributed by atoms with E-state index in [1.54, 1.807) is 0 Å². The van der Waals surface area contributed by atoms with Crippen LogP contribution >= 0.6 is 0 Å². The second-order valence-corrected chi connectivity index (χ2v) is 7.62. The summed E-state index contributed by atoms with van der Waals surface area (Å²) in [4.78, 5) is 11.7. The maximum atomic E-state index is 11.7. The number of carbonyl (C=O) groups excluding carboxylic acids is 1. The maximum Gasteiger partial charge on any atom is 0.220 e. The number of hydrogen-bond donors (Lipinski definition) is 2. The van der Waals surface area contributed by atoms with Gasteiger partial charge in [-0.2, -0.15) is 0 Å². The van der Waals surface area contributed by atoms with Crippen LogP contribution in [0.4, 0.5) is 0 Å². The lowest BCUT2D eigenvalue weighted by atomic mass is 10.0. The van der Waals surface area contributed by atoms with Crippen molar-refractivity contribution in [3.8, 4) is 0 Å². The van der Waals surface area contributed by atoms with Gasteiger partial charge in [0.25, 0.3) is 0 Å². The van der Waals surface area contributed by atoms with Crippen molar-refractivity contribution in [3.05, 3.63) is 11.6 Å². The SMILES string of the molecule is O=C(CC1CCS(=O)(=O)C1)NCCC1=CCNCC1. The molecule has 0 spiro atoms. The molecule has 1 unspecified atom stereocenters. The first-order chi connectivity index (χ1) is 9.05. The number of carbonyl (C=O) groups is 1. The molecule has 0 aromatic heterocycles. The van der Waals surface area contributed by atoms with E-state index in [9.17, 15) is 13.2 Å². The molecular weight excluding hydrogens is 264 g/mol. The van der Waals surface area contributed by atoms with E-state index in [0.717, 1.165) is 25.9 Å². The Balaban J connectivity index is 1.63. The fourth-order valence-corrected chi connectivity index (χ4v) is 4.49. The predicted octanol–water partition coefficient (Wildman–Crippen LogP) is 0.237. The topological polar surface area (TPSA) is 75.3 Å². The van der Waals surface area contributed by atoms with Crippen molar-refractivity contribution in [1.82, 2.24) is 10.6 Å². The Morgan fingerprint density at radius 1 is 1.47 bits per heavy atom. The molecule has 0 aromatic carbocycles. The van der Waals surface area contributed by atoms with E-state index >= 15 is 0 Å². The van der Waals surface area contributed by atoms with Crippen LogP contribution in [0.15, 0.2) is 11.6 Å². The third-order valence-electron chi connectivity index (χ3n) is 3.73. The minimum absolute atomic E-state index is 0.0168. The van der Waals surface area contributed by atoms with E-state index in [0.29, 0.717) is 19.4 Å². The zero-order valence-corrected chi connectivity index (χ0v) is 12.0. The third kappa shape index (κ3) is 4.95. The van der Waals surface area contributed by atoms with E-state index in [-0.39, 0.29) is 23.3 Å². The number of nitrogens with one attached hydrogen (secondary N) is 2. The molecule has 0 radical (unpaired) electrons. The monoisotopic (exact) mass is 286 g/mol. The summed E-state index contributed by atoms with van der Waals surface area (Å²) in [6, 6.07) is 0. The Morgan fingerprint density at radius 3 is 2.95 bits per heavy atom.